The Morgan fingerprint density at radius 3 is 1.62 bits per heavy atom. The van der Waals surface area contributed by atoms with Gasteiger partial charge in [-0.05, 0) is 77.0 Å². The normalized spacial score (nSPS) is 13.8. The molecule has 0 spiro atoms. The second-order valence-corrected chi connectivity index (χ2v) is 14.5. The van der Waals surface area contributed by atoms with Crippen LogP contribution in [0.15, 0.2) is 72.9 Å². The number of carbonyl (C=O) groups excluding carboxylic acids is 3. The average Bonchev–Trinajstić information content (AvgIpc) is 3.11. The van der Waals surface area contributed by atoms with Gasteiger partial charge in [0.25, 0.3) is 0 Å². The zero-order chi connectivity index (χ0) is 39.3. The first-order chi connectivity index (χ1) is 25.6. The largest absolute Gasteiger partial charge is 0.544 e. The van der Waals surface area contributed by atoms with Crippen molar-refractivity contribution in [2.75, 3.05) is 41.0 Å². The van der Waals surface area contributed by atoms with E-state index in [-0.39, 0.29) is 55.5 Å². The summed E-state index contributed by atoms with van der Waals surface area (Å²) in [7, 11) is 5.36. The third kappa shape index (κ3) is 34.3. The minimum absolute atomic E-state index is 0.00450. The average molecular weight is 742 g/mol. The highest BCUT2D eigenvalue weighted by Gasteiger charge is 2.25. The van der Waals surface area contributed by atoms with Gasteiger partial charge in [-0.2, -0.15) is 0 Å². The highest BCUT2D eigenvalue weighted by Crippen LogP contribution is 2.11. The molecule has 0 saturated heterocycles. The Morgan fingerprint density at radius 2 is 1.08 bits per heavy atom. The quantitative estimate of drug-likeness (QED) is 0.0276. The standard InChI is InChI=1S/C45H75NO7/c1-6-8-10-12-14-16-18-20-21-22-23-24-26-28-30-32-34-36-44(48)53-41(39-51-38-37-42(45(49)50)46(3,4)5)40-52-43(47)35-33-31-29-27-25-19-17-15-13-11-9-7-2/h9,11,15,17,20-21,23-25,27-28,30,41-42H,6-8,10,12-14,16,18-19,22,26,29,31-40H2,1-5H3/b11-9+,17-15+,21-20+,24-23+,27-25+,30-28+. The number of hydrogen-bond donors (Lipinski definition) is 0. The zero-order valence-electron chi connectivity index (χ0n) is 34.2. The summed E-state index contributed by atoms with van der Waals surface area (Å²) in [5.41, 5.74) is 0. The number of ether oxygens (including phenoxy) is 3. The fraction of sp³-hybridized carbons (Fsp3) is 0.667. The SMILES string of the molecule is CC/C=C/C/C=C/C/C=C/CCCCC(=O)OCC(COCCC(C(=O)[O-])[N+](C)(C)C)OC(=O)CCC/C=C/C/C=C/C/C=C/CCCCCCCC. The van der Waals surface area contributed by atoms with E-state index in [0.29, 0.717) is 12.8 Å². The van der Waals surface area contributed by atoms with Crippen LogP contribution in [-0.4, -0.2) is 75.5 Å². The van der Waals surface area contributed by atoms with Crippen LogP contribution in [0.25, 0.3) is 0 Å². The van der Waals surface area contributed by atoms with Gasteiger partial charge in [-0.3, -0.25) is 9.59 Å². The van der Waals surface area contributed by atoms with Crippen LogP contribution in [0.1, 0.15) is 142 Å². The van der Waals surface area contributed by atoms with Gasteiger partial charge in [0.1, 0.15) is 12.6 Å². The van der Waals surface area contributed by atoms with Crippen LogP contribution in [0.5, 0.6) is 0 Å². The van der Waals surface area contributed by atoms with E-state index in [2.05, 4.69) is 86.8 Å². The van der Waals surface area contributed by atoms with Crippen LogP contribution in [0.3, 0.4) is 0 Å². The fourth-order valence-corrected chi connectivity index (χ4v) is 5.39. The zero-order valence-corrected chi connectivity index (χ0v) is 34.2. The van der Waals surface area contributed by atoms with Crippen LogP contribution in [0.4, 0.5) is 0 Å². The van der Waals surface area contributed by atoms with Crippen molar-refractivity contribution in [3.05, 3.63) is 72.9 Å². The van der Waals surface area contributed by atoms with E-state index in [0.717, 1.165) is 57.8 Å². The smallest absolute Gasteiger partial charge is 0.306 e. The molecule has 0 N–H and O–H groups in total. The summed E-state index contributed by atoms with van der Waals surface area (Å²) in [6.45, 7) is 4.41. The minimum Gasteiger partial charge on any atom is -0.544 e. The first-order valence-electron chi connectivity index (χ1n) is 20.5. The highest BCUT2D eigenvalue weighted by atomic mass is 16.6. The number of allylic oxidation sites excluding steroid dienone is 12. The van der Waals surface area contributed by atoms with Crippen molar-refractivity contribution in [3.63, 3.8) is 0 Å². The van der Waals surface area contributed by atoms with E-state index in [4.69, 9.17) is 14.2 Å². The van der Waals surface area contributed by atoms with Gasteiger partial charge in [-0.1, -0.05) is 119 Å². The maximum atomic E-state index is 12.7. The summed E-state index contributed by atoms with van der Waals surface area (Å²) in [6.07, 6.45) is 43.7. The van der Waals surface area contributed by atoms with Crippen molar-refractivity contribution in [3.8, 4) is 0 Å². The number of nitrogens with zero attached hydrogens (tertiary/aromatic N) is 1. The number of likely N-dealkylation sites (N-methyl/N-ethyl adjacent to an activating group) is 1. The van der Waals surface area contributed by atoms with Crippen LogP contribution >= 0.6 is 0 Å². The van der Waals surface area contributed by atoms with Gasteiger partial charge in [0, 0.05) is 19.3 Å². The molecule has 0 fully saturated rings. The van der Waals surface area contributed by atoms with Gasteiger partial charge in [0.15, 0.2) is 6.10 Å². The Morgan fingerprint density at radius 1 is 0.585 bits per heavy atom. The van der Waals surface area contributed by atoms with E-state index in [9.17, 15) is 19.5 Å². The number of carboxylic acid groups (broad SMARTS) is 1. The number of carboxylic acids is 1. The second kappa shape index (κ2) is 35.8. The van der Waals surface area contributed by atoms with Crippen molar-refractivity contribution in [2.45, 2.75) is 154 Å². The molecule has 0 aliphatic carbocycles. The molecule has 0 aromatic carbocycles. The Kier molecular flexibility index (Phi) is 33.6. The van der Waals surface area contributed by atoms with Crippen LogP contribution < -0.4 is 5.11 Å². The molecule has 0 heterocycles. The van der Waals surface area contributed by atoms with Gasteiger partial charge in [0.05, 0.1) is 40.3 Å². The first-order valence-corrected chi connectivity index (χ1v) is 20.5. The lowest BCUT2D eigenvalue weighted by Gasteiger charge is -2.34. The van der Waals surface area contributed by atoms with E-state index in [1.165, 1.54) is 38.5 Å². The number of carbonyl (C=O) groups is 3. The summed E-state index contributed by atoms with van der Waals surface area (Å²) in [6, 6.07) is -0.742. The van der Waals surface area contributed by atoms with E-state index < -0.39 is 18.1 Å². The molecular formula is C45H75NO7. The predicted molar refractivity (Wildman–Crippen MR) is 217 cm³/mol. The van der Waals surface area contributed by atoms with Gasteiger partial charge in [-0.25, -0.2) is 0 Å². The molecule has 0 amide bonds. The maximum absolute atomic E-state index is 12.7. The Bertz CT molecular complexity index is 1100. The van der Waals surface area contributed by atoms with Crippen molar-refractivity contribution >= 4 is 17.9 Å². The lowest BCUT2D eigenvalue weighted by atomic mass is 10.1. The molecule has 0 bridgehead atoms. The summed E-state index contributed by atoms with van der Waals surface area (Å²) < 4.78 is 17.0. The lowest BCUT2D eigenvalue weighted by molar-refractivity contribution is -0.889. The maximum Gasteiger partial charge on any atom is 0.306 e. The predicted octanol–water partition coefficient (Wildman–Crippen LogP) is 9.46. The van der Waals surface area contributed by atoms with Crippen molar-refractivity contribution < 1.29 is 38.2 Å². The van der Waals surface area contributed by atoms with Crippen LogP contribution in [0, 0.1) is 0 Å². The molecule has 0 saturated carbocycles. The summed E-state index contributed by atoms with van der Waals surface area (Å²) >= 11 is 0. The molecule has 302 valence electrons. The van der Waals surface area contributed by atoms with E-state index >= 15 is 0 Å². The third-order valence-electron chi connectivity index (χ3n) is 8.58. The molecule has 53 heavy (non-hydrogen) atoms. The Balaban J connectivity index is 4.54. The highest BCUT2D eigenvalue weighted by molar-refractivity contribution is 5.70. The molecule has 2 unspecified atom stereocenters. The van der Waals surface area contributed by atoms with Crippen molar-refractivity contribution in [2.24, 2.45) is 0 Å². The third-order valence-corrected chi connectivity index (χ3v) is 8.58. The molecule has 2 atom stereocenters. The topological polar surface area (TPSA) is 102 Å². The van der Waals surface area contributed by atoms with Crippen LogP contribution in [-0.2, 0) is 28.6 Å². The molecule has 0 aliphatic rings. The number of esters is 2. The van der Waals surface area contributed by atoms with Gasteiger partial charge in [0.2, 0.25) is 0 Å². The summed E-state index contributed by atoms with van der Waals surface area (Å²) in [4.78, 5) is 36.7. The van der Waals surface area contributed by atoms with Gasteiger partial charge < -0.3 is 28.6 Å². The number of aliphatic carboxylic acids is 1. The fourth-order valence-electron chi connectivity index (χ4n) is 5.39. The molecule has 0 radical (unpaired) electrons. The number of rotatable bonds is 35. The summed E-state index contributed by atoms with van der Waals surface area (Å²) in [5.74, 6) is -1.87. The first kappa shape index (κ1) is 49.8. The Hall–Kier alpha value is -3.23. The molecule has 0 rings (SSSR count). The Labute approximate surface area is 323 Å². The van der Waals surface area contributed by atoms with Crippen molar-refractivity contribution in [1.82, 2.24) is 0 Å². The molecule has 0 aromatic heterocycles. The molecule has 0 aliphatic heterocycles. The van der Waals surface area contributed by atoms with Gasteiger partial charge >= 0.3 is 11.9 Å². The summed E-state index contributed by atoms with van der Waals surface area (Å²) in [5, 5.41) is 11.6. The molecule has 8 nitrogen and oxygen atoms in total. The van der Waals surface area contributed by atoms with E-state index in [1.54, 1.807) is 21.1 Å². The minimum atomic E-state index is -1.14. The lowest BCUT2D eigenvalue weighted by Crippen LogP contribution is -2.55. The number of hydrogen-bond acceptors (Lipinski definition) is 7. The number of quaternary nitrogens is 1. The molecular weight excluding hydrogens is 666 g/mol. The number of unbranched alkanes of at least 4 members (excludes halogenated alkanes) is 9. The second-order valence-electron chi connectivity index (χ2n) is 14.5. The van der Waals surface area contributed by atoms with E-state index in [1.807, 2.05) is 0 Å². The van der Waals surface area contributed by atoms with Crippen molar-refractivity contribution in [1.29, 1.82) is 0 Å². The van der Waals surface area contributed by atoms with Gasteiger partial charge in [-0.15, -0.1) is 0 Å². The van der Waals surface area contributed by atoms with Crippen LogP contribution in [0.2, 0.25) is 0 Å². The monoisotopic (exact) mass is 742 g/mol. The molecule has 8 heteroatoms. The molecule has 0 aromatic rings.